The van der Waals surface area contributed by atoms with E-state index in [0.29, 0.717) is 13.1 Å². The molecule has 26 heavy (non-hydrogen) atoms. The summed E-state index contributed by atoms with van der Waals surface area (Å²) in [4.78, 5) is 24.0. The number of nitrogens with one attached hydrogen (secondary N) is 2. The molecule has 1 aliphatic heterocycles. The molecule has 0 aliphatic carbocycles. The molecule has 2 aromatic heterocycles. The van der Waals surface area contributed by atoms with E-state index in [4.69, 9.17) is 4.74 Å². The smallest absolute Gasteiger partial charge is 0.244 e. The lowest BCUT2D eigenvalue weighted by atomic mass is 10.3. The lowest BCUT2D eigenvalue weighted by Gasteiger charge is -2.28. The maximum atomic E-state index is 11.8. The Morgan fingerprint density at radius 3 is 2.96 bits per heavy atom. The molecule has 2 aromatic rings. The number of thiophene rings is 1. The molecule has 1 fully saturated rings. The highest BCUT2D eigenvalue weighted by atomic mass is 32.1. The Morgan fingerprint density at radius 2 is 2.19 bits per heavy atom. The molecule has 0 atom stereocenters. The summed E-state index contributed by atoms with van der Waals surface area (Å²) in [7, 11) is 0. The van der Waals surface area contributed by atoms with Crippen molar-refractivity contribution < 1.29 is 9.53 Å². The number of ether oxygens (including phenoxy) is 1. The van der Waals surface area contributed by atoms with Crippen LogP contribution in [0.5, 0.6) is 0 Å². The molecular weight excluding hydrogens is 350 g/mol. The van der Waals surface area contributed by atoms with Crippen LogP contribution in [0.15, 0.2) is 29.7 Å². The fraction of sp³-hybridized carbons (Fsp3) is 0.389. The van der Waals surface area contributed by atoms with Crippen LogP contribution < -0.4 is 15.5 Å². The second kappa shape index (κ2) is 9.30. The van der Waals surface area contributed by atoms with E-state index >= 15 is 0 Å². The van der Waals surface area contributed by atoms with E-state index in [1.54, 1.807) is 17.4 Å². The van der Waals surface area contributed by atoms with Gasteiger partial charge in [0.05, 0.1) is 13.2 Å². The number of morpholine rings is 1. The van der Waals surface area contributed by atoms with Crippen LogP contribution in [0.25, 0.3) is 6.08 Å². The number of hydrogen-bond acceptors (Lipinski definition) is 7. The van der Waals surface area contributed by atoms with Gasteiger partial charge in [-0.15, -0.1) is 11.3 Å². The number of rotatable bonds is 7. The van der Waals surface area contributed by atoms with E-state index < -0.39 is 0 Å². The Hall–Kier alpha value is -2.45. The molecule has 1 aliphatic rings. The van der Waals surface area contributed by atoms with Gasteiger partial charge in [-0.05, 0) is 24.4 Å². The van der Waals surface area contributed by atoms with E-state index in [1.807, 2.05) is 36.6 Å². The summed E-state index contributed by atoms with van der Waals surface area (Å²) in [6.07, 6.45) is 3.37. The standard InChI is InChI=1S/C18H23N5O2S/c1-14-21-16(13-17(22-14)23-8-10-25-11-9-23)19-6-7-20-18(24)5-4-15-3-2-12-26-15/h2-5,12-13H,6-11H2,1H3,(H,20,24)(H,19,21,22)/b5-4+. The number of hydrogen-bond donors (Lipinski definition) is 2. The largest absolute Gasteiger partial charge is 0.378 e. The molecule has 0 radical (unpaired) electrons. The lowest BCUT2D eigenvalue weighted by Crippen LogP contribution is -2.37. The number of nitrogens with zero attached hydrogens (tertiary/aromatic N) is 3. The van der Waals surface area contributed by atoms with Gasteiger partial charge in [-0.2, -0.15) is 0 Å². The topological polar surface area (TPSA) is 79.4 Å². The van der Waals surface area contributed by atoms with E-state index in [-0.39, 0.29) is 5.91 Å². The van der Waals surface area contributed by atoms with Crippen LogP contribution in [0.1, 0.15) is 10.7 Å². The fourth-order valence-electron chi connectivity index (χ4n) is 2.58. The minimum atomic E-state index is -0.104. The van der Waals surface area contributed by atoms with Gasteiger partial charge in [-0.25, -0.2) is 9.97 Å². The Morgan fingerprint density at radius 1 is 1.35 bits per heavy atom. The van der Waals surface area contributed by atoms with Crippen LogP contribution in [0, 0.1) is 6.92 Å². The molecule has 2 N–H and O–H groups in total. The second-order valence-electron chi connectivity index (χ2n) is 5.82. The van der Waals surface area contributed by atoms with Gasteiger partial charge in [0.25, 0.3) is 0 Å². The molecule has 0 unspecified atom stereocenters. The van der Waals surface area contributed by atoms with Crippen molar-refractivity contribution >= 4 is 35.0 Å². The average Bonchev–Trinajstić information content (AvgIpc) is 3.17. The fourth-order valence-corrected chi connectivity index (χ4v) is 3.19. The van der Waals surface area contributed by atoms with Crippen LogP contribution in [0.3, 0.4) is 0 Å². The van der Waals surface area contributed by atoms with Crippen molar-refractivity contribution in [1.82, 2.24) is 15.3 Å². The van der Waals surface area contributed by atoms with Gasteiger partial charge in [0.2, 0.25) is 5.91 Å². The normalized spacial score (nSPS) is 14.6. The average molecular weight is 373 g/mol. The minimum Gasteiger partial charge on any atom is -0.378 e. The third kappa shape index (κ3) is 5.53. The zero-order valence-corrected chi connectivity index (χ0v) is 15.6. The molecule has 0 saturated carbocycles. The Kier molecular flexibility index (Phi) is 6.56. The molecule has 0 aromatic carbocycles. The summed E-state index contributed by atoms with van der Waals surface area (Å²) >= 11 is 1.60. The zero-order valence-electron chi connectivity index (χ0n) is 14.8. The summed E-state index contributed by atoms with van der Waals surface area (Å²) in [6.45, 7) is 6.10. The molecule has 1 amide bonds. The molecule has 7 nitrogen and oxygen atoms in total. The number of carbonyl (C=O) groups excluding carboxylic acids is 1. The maximum Gasteiger partial charge on any atom is 0.244 e. The summed E-state index contributed by atoms with van der Waals surface area (Å²) in [5.74, 6) is 2.29. The highest BCUT2D eigenvalue weighted by Crippen LogP contribution is 2.17. The molecule has 3 heterocycles. The van der Waals surface area contributed by atoms with E-state index in [9.17, 15) is 4.79 Å². The number of aromatic nitrogens is 2. The molecular formula is C18H23N5O2S. The van der Waals surface area contributed by atoms with Gasteiger partial charge >= 0.3 is 0 Å². The maximum absolute atomic E-state index is 11.8. The van der Waals surface area contributed by atoms with E-state index in [1.165, 1.54) is 0 Å². The van der Waals surface area contributed by atoms with Crippen LogP contribution >= 0.6 is 11.3 Å². The first-order valence-electron chi connectivity index (χ1n) is 8.62. The van der Waals surface area contributed by atoms with Crippen LogP contribution in [-0.4, -0.2) is 55.3 Å². The summed E-state index contributed by atoms with van der Waals surface area (Å²) in [6, 6.07) is 5.87. The second-order valence-corrected chi connectivity index (χ2v) is 6.80. The van der Waals surface area contributed by atoms with Crippen molar-refractivity contribution in [3.8, 4) is 0 Å². The Labute approximate surface area is 157 Å². The first kappa shape index (κ1) is 18.3. The van der Waals surface area contributed by atoms with Crippen LogP contribution in [0.2, 0.25) is 0 Å². The van der Waals surface area contributed by atoms with E-state index in [2.05, 4.69) is 25.5 Å². The van der Waals surface area contributed by atoms with Crippen molar-refractivity contribution in [2.75, 3.05) is 49.6 Å². The molecule has 8 heteroatoms. The first-order valence-corrected chi connectivity index (χ1v) is 9.50. The lowest BCUT2D eigenvalue weighted by molar-refractivity contribution is -0.116. The zero-order chi connectivity index (χ0) is 18.2. The number of carbonyl (C=O) groups is 1. The van der Waals surface area contributed by atoms with Crippen molar-refractivity contribution in [2.45, 2.75) is 6.92 Å². The van der Waals surface area contributed by atoms with Crippen LogP contribution in [-0.2, 0) is 9.53 Å². The highest BCUT2D eigenvalue weighted by molar-refractivity contribution is 7.10. The van der Waals surface area contributed by atoms with Gasteiger partial charge in [0, 0.05) is 43.2 Å². The van der Waals surface area contributed by atoms with E-state index in [0.717, 1.165) is 48.6 Å². The summed E-state index contributed by atoms with van der Waals surface area (Å²) in [5.41, 5.74) is 0. The van der Waals surface area contributed by atoms with Gasteiger partial charge in [-0.1, -0.05) is 6.07 Å². The molecule has 138 valence electrons. The van der Waals surface area contributed by atoms with Crippen molar-refractivity contribution in [3.63, 3.8) is 0 Å². The number of aryl methyl sites for hydroxylation is 1. The minimum absolute atomic E-state index is 0.104. The third-order valence-electron chi connectivity index (χ3n) is 3.83. The number of anilines is 2. The van der Waals surface area contributed by atoms with Gasteiger partial charge in [0.15, 0.2) is 0 Å². The number of amides is 1. The summed E-state index contributed by atoms with van der Waals surface area (Å²) < 4.78 is 5.38. The van der Waals surface area contributed by atoms with Gasteiger partial charge < -0.3 is 20.3 Å². The predicted octanol–water partition coefficient (Wildman–Crippen LogP) is 1.92. The quantitative estimate of drug-likeness (QED) is 0.570. The molecule has 1 saturated heterocycles. The SMILES string of the molecule is Cc1nc(NCCNC(=O)/C=C/c2cccs2)cc(N2CCOCC2)n1. The highest BCUT2D eigenvalue weighted by Gasteiger charge is 2.14. The van der Waals surface area contributed by atoms with Crippen molar-refractivity contribution in [2.24, 2.45) is 0 Å². The summed E-state index contributed by atoms with van der Waals surface area (Å²) in [5, 5.41) is 8.08. The van der Waals surface area contributed by atoms with Gasteiger partial charge in [0.1, 0.15) is 17.5 Å². The van der Waals surface area contributed by atoms with Crippen LogP contribution in [0.4, 0.5) is 11.6 Å². The monoisotopic (exact) mass is 373 g/mol. The van der Waals surface area contributed by atoms with Gasteiger partial charge in [-0.3, -0.25) is 4.79 Å². The first-order chi connectivity index (χ1) is 12.7. The Bertz CT molecular complexity index is 742. The third-order valence-corrected chi connectivity index (χ3v) is 4.67. The molecule has 3 rings (SSSR count). The Balaban J connectivity index is 1.45. The molecule has 0 bridgehead atoms. The molecule has 0 spiro atoms. The van der Waals surface area contributed by atoms with Crippen molar-refractivity contribution in [3.05, 3.63) is 40.4 Å². The van der Waals surface area contributed by atoms with Crippen molar-refractivity contribution in [1.29, 1.82) is 0 Å². The predicted molar refractivity (Wildman–Crippen MR) is 105 cm³/mol.